The van der Waals surface area contributed by atoms with Crippen molar-refractivity contribution in [1.82, 2.24) is 0 Å². The van der Waals surface area contributed by atoms with E-state index in [2.05, 4.69) is 0 Å². The number of ether oxygens (including phenoxy) is 1. The third kappa shape index (κ3) is 1.61. The molecule has 0 fully saturated rings. The fourth-order valence-corrected chi connectivity index (χ4v) is 0.814. The summed E-state index contributed by atoms with van der Waals surface area (Å²) in [4.78, 5) is 0. The second-order valence-corrected chi connectivity index (χ2v) is 2.22. The van der Waals surface area contributed by atoms with Gasteiger partial charge in [-0.2, -0.15) is 5.26 Å². The number of hydrogen-bond donors (Lipinski definition) is 1. The molecule has 0 unspecified atom stereocenters. The van der Waals surface area contributed by atoms with Crippen molar-refractivity contribution in [2.24, 2.45) is 0 Å². The highest BCUT2D eigenvalue weighted by Gasteiger charge is 1.98. The number of rotatable bonds is 1. The molecule has 60 valence electrons. The Morgan fingerprint density at radius 1 is 1.42 bits per heavy atom. The molecule has 1 aromatic rings. The summed E-state index contributed by atoms with van der Waals surface area (Å²) < 4.78 is 4.71. The maximum Gasteiger partial charge on any atom is 0.212 e. The van der Waals surface area contributed by atoms with Crippen LogP contribution in [0.15, 0.2) is 24.3 Å². The topological polar surface area (TPSA) is 56.9 Å². The molecule has 0 aliphatic heterocycles. The summed E-state index contributed by atoms with van der Waals surface area (Å²) in [7, 11) is 1.44. The minimum absolute atomic E-state index is 0.111. The minimum atomic E-state index is 0.111. The summed E-state index contributed by atoms with van der Waals surface area (Å²) in [5, 5.41) is 15.8. The van der Waals surface area contributed by atoms with E-state index in [1.165, 1.54) is 7.11 Å². The van der Waals surface area contributed by atoms with Gasteiger partial charge in [0.2, 0.25) is 5.90 Å². The molecule has 0 bridgehead atoms. The van der Waals surface area contributed by atoms with E-state index in [1.807, 2.05) is 6.07 Å². The van der Waals surface area contributed by atoms with Crippen LogP contribution in [0, 0.1) is 16.7 Å². The molecule has 12 heavy (non-hydrogen) atoms. The first-order valence-electron chi connectivity index (χ1n) is 3.41. The van der Waals surface area contributed by atoms with Gasteiger partial charge < -0.3 is 4.74 Å². The Morgan fingerprint density at radius 3 is 2.42 bits per heavy atom. The van der Waals surface area contributed by atoms with Crippen LogP contribution in [0.5, 0.6) is 0 Å². The lowest BCUT2D eigenvalue weighted by Gasteiger charge is -2.00. The molecule has 1 N–H and O–H groups in total. The summed E-state index contributed by atoms with van der Waals surface area (Å²) in [5.41, 5.74) is 1.26. The highest BCUT2D eigenvalue weighted by molar-refractivity contribution is 5.91. The summed E-state index contributed by atoms with van der Waals surface area (Å²) in [6.07, 6.45) is 0. The van der Waals surface area contributed by atoms with E-state index >= 15 is 0 Å². The molecule has 0 radical (unpaired) electrons. The Hall–Kier alpha value is -1.82. The van der Waals surface area contributed by atoms with Gasteiger partial charge in [-0.25, -0.2) is 0 Å². The molecule has 0 saturated heterocycles. The fraction of sp³-hybridized carbons (Fsp3) is 0.111. The maximum atomic E-state index is 8.49. The lowest BCUT2D eigenvalue weighted by molar-refractivity contribution is 0.401. The highest BCUT2D eigenvalue weighted by Crippen LogP contribution is 2.03. The third-order valence-corrected chi connectivity index (χ3v) is 1.48. The normalized spacial score (nSPS) is 8.67. The molecule has 0 aliphatic carbocycles. The van der Waals surface area contributed by atoms with Crippen LogP contribution >= 0.6 is 0 Å². The van der Waals surface area contributed by atoms with E-state index in [1.54, 1.807) is 24.3 Å². The number of nitrogens with one attached hydrogen (secondary N) is 1. The van der Waals surface area contributed by atoms with Crippen molar-refractivity contribution < 1.29 is 4.74 Å². The zero-order valence-electron chi connectivity index (χ0n) is 6.66. The van der Waals surface area contributed by atoms with E-state index in [4.69, 9.17) is 15.4 Å². The fourth-order valence-electron chi connectivity index (χ4n) is 0.814. The largest absolute Gasteiger partial charge is 0.481 e. The molecule has 3 nitrogen and oxygen atoms in total. The molecule has 0 aliphatic rings. The number of nitriles is 1. The molecule has 0 aromatic heterocycles. The quantitative estimate of drug-likeness (QED) is 0.500. The van der Waals surface area contributed by atoms with Crippen molar-refractivity contribution in [2.75, 3.05) is 7.11 Å². The zero-order valence-corrected chi connectivity index (χ0v) is 6.66. The summed E-state index contributed by atoms with van der Waals surface area (Å²) >= 11 is 0. The SMILES string of the molecule is COC(=N)c1ccc(C#N)cc1. The van der Waals surface area contributed by atoms with Gasteiger partial charge in [-0.05, 0) is 24.3 Å². The van der Waals surface area contributed by atoms with Crippen LogP contribution in [0.3, 0.4) is 0 Å². The Kier molecular flexibility index (Phi) is 2.44. The van der Waals surface area contributed by atoms with Crippen molar-refractivity contribution >= 4 is 5.90 Å². The van der Waals surface area contributed by atoms with E-state index in [-0.39, 0.29) is 5.90 Å². The molecule has 0 amide bonds. The van der Waals surface area contributed by atoms with Gasteiger partial charge in [0.05, 0.1) is 18.7 Å². The average Bonchev–Trinajstić information content (AvgIpc) is 2.17. The van der Waals surface area contributed by atoms with Gasteiger partial charge in [0.25, 0.3) is 0 Å². The first-order valence-corrected chi connectivity index (χ1v) is 3.41. The monoisotopic (exact) mass is 160 g/mol. The maximum absolute atomic E-state index is 8.49. The van der Waals surface area contributed by atoms with Gasteiger partial charge in [-0.15, -0.1) is 0 Å². The Balaban J connectivity index is 2.94. The van der Waals surface area contributed by atoms with Gasteiger partial charge in [-0.3, -0.25) is 5.41 Å². The van der Waals surface area contributed by atoms with Crippen LogP contribution in [0.1, 0.15) is 11.1 Å². The second-order valence-electron chi connectivity index (χ2n) is 2.22. The smallest absolute Gasteiger partial charge is 0.212 e. The van der Waals surface area contributed by atoms with E-state index in [0.717, 1.165) is 0 Å². The summed E-state index contributed by atoms with van der Waals surface area (Å²) in [5.74, 6) is 0.111. The summed E-state index contributed by atoms with van der Waals surface area (Å²) in [6.45, 7) is 0. The van der Waals surface area contributed by atoms with Gasteiger partial charge in [0, 0.05) is 5.56 Å². The Morgan fingerprint density at radius 2 is 2.00 bits per heavy atom. The second kappa shape index (κ2) is 3.54. The van der Waals surface area contributed by atoms with Gasteiger partial charge >= 0.3 is 0 Å². The molecule has 1 rings (SSSR count). The summed E-state index contributed by atoms with van der Waals surface area (Å²) in [6, 6.07) is 8.68. The van der Waals surface area contributed by atoms with Crippen LogP contribution < -0.4 is 0 Å². The molecule has 1 aromatic carbocycles. The first-order chi connectivity index (χ1) is 5.77. The number of hydrogen-bond acceptors (Lipinski definition) is 3. The molecule has 0 heterocycles. The Bertz CT molecular complexity index is 321. The number of benzene rings is 1. The van der Waals surface area contributed by atoms with Crippen LogP contribution in [0.25, 0.3) is 0 Å². The molecule has 0 saturated carbocycles. The van der Waals surface area contributed by atoms with Gasteiger partial charge in [0.15, 0.2) is 0 Å². The van der Waals surface area contributed by atoms with E-state index in [0.29, 0.717) is 11.1 Å². The third-order valence-electron chi connectivity index (χ3n) is 1.48. The molecular weight excluding hydrogens is 152 g/mol. The number of nitrogens with zero attached hydrogens (tertiary/aromatic N) is 1. The first kappa shape index (κ1) is 8.28. The molecular formula is C9H8N2O. The van der Waals surface area contributed by atoms with Crippen LogP contribution in [-0.2, 0) is 4.74 Å². The van der Waals surface area contributed by atoms with Crippen LogP contribution in [0.4, 0.5) is 0 Å². The van der Waals surface area contributed by atoms with Crippen molar-refractivity contribution in [2.45, 2.75) is 0 Å². The van der Waals surface area contributed by atoms with Crippen LogP contribution in [-0.4, -0.2) is 13.0 Å². The molecule has 0 atom stereocenters. The highest BCUT2D eigenvalue weighted by atomic mass is 16.5. The zero-order chi connectivity index (χ0) is 8.97. The van der Waals surface area contributed by atoms with Crippen molar-refractivity contribution in [3.8, 4) is 6.07 Å². The Labute approximate surface area is 70.7 Å². The lowest BCUT2D eigenvalue weighted by Crippen LogP contribution is -2.00. The van der Waals surface area contributed by atoms with Crippen molar-refractivity contribution in [3.63, 3.8) is 0 Å². The van der Waals surface area contributed by atoms with E-state index in [9.17, 15) is 0 Å². The standard InChI is InChI=1S/C9H8N2O/c1-12-9(11)8-4-2-7(6-10)3-5-8/h2-5,11H,1H3. The van der Waals surface area contributed by atoms with E-state index < -0.39 is 0 Å². The van der Waals surface area contributed by atoms with Crippen LogP contribution in [0.2, 0.25) is 0 Å². The van der Waals surface area contributed by atoms with Gasteiger partial charge in [0.1, 0.15) is 0 Å². The molecule has 3 heteroatoms. The van der Waals surface area contributed by atoms with Crippen molar-refractivity contribution in [1.29, 1.82) is 10.7 Å². The predicted octanol–water partition coefficient (Wildman–Crippen LogP) is 1.53. The molecule has 0 spiro atoms. The number of methoxy groups -OCH3 is 1. The average molecular weight is 160 g/mol. The lowest BCUT2D eigenvalue weighted by atomic mass is 10.1. The van der Waals surface area contributed by atoms with Gasteiger partial charge in [-0.1, -0.05) is 0 Å². The predicted molar refractivity (Wildman–Crippen MR) is 45.0 cm³/mol. The van der Waals surface area contributed by atoms with Crippen molar-refractivity contribution in [3.05, 3.63) is 35.4 Å². The minimum Gasteiger partial charge on any atom is -0.481 e.